The van der Waals surface area contributed by atoms with Crippen molar-refractivity contribution in [2.24, 2.45) is 5.10 Å². The molecule has 1 aliphatic carbocycles. The van der Waals surface area contributed by atoms with Crippen LogP contribution in [0.4, 0.5) is 0 Å². The van der Waals surface area contributed by atoms with Crippen LogP contribution in [-0.2, 0) is 4.79 Å². The van der Waals surface area contributed by atoms with Crippen LogP contribution in [0.3, 0.4) is 0 Å². The predicted molar refractivity (Wildman–Crippen MR) is 99.2 cm³/mol. The van der Waals surface area contributed by atoms with E-state index in [-0.39, 0.29) is 12.5 Å². The third-order valence-corrected chi connectivity index (χ3v) is 4.64. The summed E-state index contributed by atoms with van der Waals surface area (Å²) in [7, 11) is 0. The number of aromatic nitrogens is 1. The molecule has 1 fully saturated rings. The number of nitrogens with zero attached hydrogens (tertiary/aromatic N) is 2. The molecule has 1 N–H and O–H groups in total. The minimum absolute atomic E-state index is 0.135. The molecule has 132 valence electrons. The molecule has 0 radical (unpaired) electrons. The number of carbonyl (C=O) groups excluding carboxylic acids is 1. The van der Waals surface area contributed by atoms with Gasteiger partial charge >= 0.3 is 0 Å². The Morgan fingerprint density at radius 1 is 1.28 bits per heavy atom. The number of nitrogens with one attached hydrogen (secondary N) is 1. The van der Waals surface area contributed by atoms with Crippen molar-refractivity contribution < 1.29 is 9.53 Å². The van der Waals surface area contributed by atoms with Gasteiger partial charge in [0.15, 0.2) is 6.61 Å². The van der Waals surface area contributed by atoms with E-state index >= 15 is 0 Å². The highest BCUT2D eigenvalue weighted by Gasteiger charge is 2.14. The molecule has 1 aromatic carbocycles. The first-order valence-corrected chi connectivity index (χ1v) is 8.97. The lowest BCUT2D eigenvalue weighted by Gasteiger charge is -2.23. The van der Waals surface area contributed by atoms with Gasteiger partial charge in [-0.2, -0.15) is 5.10 Å². The van der Waals surface area contributed by atoms with Gasteiger partial charge in [0.2, 0.25) is 0 Å². The Balaban J connectivity index is 1.45. The molecule has 1 heterocycles. The summed E-state index contributed by atoms with van der Waals surface area (Å²) in [4.78, 5) is 11.8. The van der Waals surface area contributed by atoms with E-state index in [0.29, 0.717) is 16.8 Å². The maximum atomic E-state index is 11.8. The lowest BCUT2D eigenvalue weighted by Crippen LogP contribution is -2.24. The fourth-order valence-corrected chi connectivity index (χ4v) is 3.22. The van der Waals surface area contributed by atoms with Crippen molar-refractivity contribution >= 4 is 23.7 Å². The minimum Gasteiger partial charge on any atom is -0.482 e. The third-order valence-electron chi connectivity index (χ3n) is 4.33. The van der Waals surface area contributed by atoms with Gasteiger partial charge < -0.3 is 9.30 Å². The number of para-hydroxylation sites is 1. The molecule has 2 aromatic rings. The fourth-order valence-electron chi connectivity index (χ4n) is 3.03. The molecule has 1 aliphatic rings. The first-order valence-electron chi connectivity index (χ1n) is 8.59. The average Bonchev–Trinajstić information content (AvgIpc) is 3.11. The highest BCUT2D eigenvalue weighted by Crippen LogP contribution is 2.28. The molecule has 0 bridgehead atoms. The van der Waals surface area contributed by atoms with E-state index in [4.69, 9.17) is 16.3 Å². The summed E-state index contributed by atoms with van der Waals surface area (Å²) >= 11 is 5.97. The van der Waals surface area contributed by atoms with Gasteiger partial charge in [-0.25, -0.2) is 5.43 Å². The Labute approximate surface area is 152 Å². The van der Waals surface area contributed by atoms with Gasteiger partial charge in [0.1, 0.15) is 5.75 Å². The lowest BCUT2D eigenvalue weighted by atomic mass is 9.95. The smallest absolute Gasteiger partial charge is 0.277 e. The summed E-state index contributed by atoms with van der Waals surface area (Å²) in [6.07, 6.45) is 12.2. The molecule has 6 heteroatoms. The van der Waals surface area contributed by atoms with Crippen LogP contribution in [-0.4, -0.2) is 23.3 Å². The normalized spacial score (nSPS) is 15.4. The molecule has 0 atom stereocenters. The van der Waals surface area contributed by atoms with E-state index in [0.717, 1.165) is 5.56 Å². The molecular weight excluding hydrogens is 338 g/mol. The van der Waals surface area contributed by atoms with Crippen LogP contribution < -0.4 is 10.2 Å². The average molecular weight is 360 g/mol. The van der Waals surface area contributed by atoms with Gasteiger partial charge in [0.25, 0.3) is 5.91 Å². The van der Waals surface area contributed by atoms with Gasteiger partial charge in [0, 0.05) is 24.0 Å². The van der Waals surface area contributed by atoms with E-state index in [9.17, 15) is 4.79 Å². The Kier molecular flexibility index (Phi) is 6.12. The number of ether oxygens (including phenoxy) is 1. The number of hydrogen-bond acceptors (Lipinski definition) is 3. The van der Waals surface area contributed by atoms with E-state index in [1.54, 1.807) is 30.5 Å². The second kappa shape index (κ2) is 8.72. The zero-order chi connectivity index (χ0) is 17.5. The second-order valence-corrected chi connectivity index (χ2v) is 6.60. The molecule has 0 aliphatic heterocycles. The first kappa shape index (κ1) is 17.5. The van der Waals surface area contributed by atoms with Gasteiger partial charge in [-0.15, -0.1) is 0 Å². The predicted octanol–water partition coefficient (Wildman–Crippen LogP) is 4.18. The van der Waals surface area contributed by atoms with Crippen LogP contribution in [0, 0.1) is 0 Å². The van der Waals surface area contributed by atoms with Crippen LogP contribution >= 0.6 is 11.6 Å². The number of amides is 1. The van der Waals surface area contributed by atoms with Crippen LogP contribution in [0.15, 0.2) is 47.8 Å². The Bertz CT molecular complexity index is 736. The molecule has 0 unspecified atom stereocenters. The maximum absolute atomic E-state index is 11.8. The van der Waals surface area contributed by atoms with Crippen molar-refractivity contribution in [1.29, 1.82) is 0 Å². The van der Waals surface area contributed by atoms with Crippen LogP contribution in [0.1, 0.15) is 43.7 Å². The summed E-state index contributed by atoms with van der Waals surface area (Å²) in [6.45, 7) is -0.135. The Morgan fingerprint density at radius 3 is 2.88 bits per heavy atom. The molecule has 3 rings (SSSR count). The number of halogens is 1. The van der Waals surface area contributed by atoms with Gasteiger partial charge in [-0.05, 0) is 31.0 Å². The zero-order valence-corrected chi connectivity index (χ0v) is 14.8. The van der Waals surface area contributed by atoms with Gasteiger partial charge in [-0.1, -0.05) is 43.0 Å². The molecule has 1 saturated carbocycles. The summed E-state index contributed by atoms with van der Waals surface area (Å²) in [6, 6.07) is 9.63. The van der Waals surface area contributed by atoms with Crippen molar-refractivity contribution in [2.45, 2.75) is 38.1 Å². The molecule has 25 heavy (non-hydrogen) atoms. The molecule has 1 aromatic heterocycles. The Hall–Kier alpha value is -2.27. The Morgan fingerprint density at radius 2 is 2.08 bits per heavy atom. The zero-order valence-electron chi connectivity index (χ0n) is 14.0. The lowest BCUT2D eigenvalue weighted by molar-refractivity contribution is -0.123. The number of carbonyl (C=O) groups is 1. The van der Waals surface area contributed by atoms with E-state index < -0.39 is 0 Å². The van der Waals surface area contributed by atoms with Crippen molar-refractivity contribution in [2.75, 3.05) is 6.61 Å². The SMILES string of the molecule is O=C(COc1ccccc1Cl)N/N=C/c1ccn(C2CCCCC2)c1. The largest absolute Gasteiger partial charge is 0.482 e. The van der Waals surface area contributed by atoms with Gasteiger partial charge in [0.05, 0.1) is 11.2 Å². The molecule has 0 spiro atoms. The van der Waals surface area contributed by atoms with Crippen molar-refractivity contribution in [1.82, 2.24) is 9.99 Å². The molecular formula is C19H22ClN3O2. The van der Waals surface area contributed by atoms with Crippen molar-refractivity contribution in [3.05, 3.63) is 53.3 Å². The van der Waals surface area contributed by atoms with E-state index in [2.05, 4.69) is 27.5 Å². The fraction of sp³-hybridized carbons (Fsp3) is 0.368. The van der Waals surface area contributed by atoms with E-state index in [1.807, 2.05) is 6.07 Å². The summed E-state index contributed by atoms with van der Waals surface area (Å²) in [5.41, 5.74) is 3.43. The van der Waals surface area contributed by atoms with Crippen LogP contribution in [0.25, 0.3) is 0 Å². The highest BCUT2D eigenvalue weighted by atomic mass is 35.5. The molecule has 5 nitrogen and oxygen atoms in total. The van der Waals surface area contributed by atoms with Crippen molar-refractivity contribution in [3.8, 4) is 5.75 Å². The maximum Gasteiger partial charge on any atom is 0.277 e. The summed E-state index contributed by atoms with van der Waals surface area (Å²) in [5.74, 6) is 0.149. The van der Waals surface area contributed by atoms with Crippen LogP contribution in [0.2, 0.25) is 5.02 Å². The highest BCUT2D eigenvalue weighted by molar-refractivity contribution is 6.32. The van der Waals surface area contributed by atoms with Crippen LogP contribution in [0.5, 0.6) is 5.75 Å². The van der Waals surface area contributed by atoms with Gasteiger partial charge in [-0.3, -0.25) is 4.79 Å². The monoisotopic (exact) mass is 359 g/mol. The summed E-state index contributed by atoms with van der Waals surface area (Å²) < 4.78 is 7.62. The quantitative estimate of drug-likeness (QED) is 0.621. The number of rotatable bonds is 6. The van der Waals surface area contributed by atoms with Crippen molar-refractivity contribution in [3.63, 3.8) is 0 Å². The first-order chi connectivity index (χ1) is 12.2. The second-order valence-electron chi connectivity index (χ2n) is 6.20. The molecule has 1 amide bonds. The molecule has 0 saturated heterocycles. The minimum atomic E-state index is -0.331. The van der Waals surface area contributed by atoms with E-state index in [1.165, 1.54) is 32.1 Å². The number of hydrazone groups is 1. The number of benzene rings is 1. The summed E-state index contributed by atoms with van der Waals surface area (Å²) in [5, 5.41) is 4.46. The standard InChI is InChI=1S/C19H22ClN3O2/c20-17-8-4-5-9-18(17)25-14-19(24)22-21-12-15-10-11-23(13-15)16-6-2-1-3-7-16/h4-5,8-13,16H,1-3,6-7,14H2,(H,22,24)/b21-12+. The topological polar surface area (TPSA) is 55.6 Å². The third kappa shape index (κ3) is 5.10. The number of hydrogen-bond donors (Lipinski definition) is 1.